The molecule has 0 aromatic heterocycles. The fourth-order valence-electron chi connectivity index (χ4n) is 2.31. The molecule has 0 radical (unpaired) electrons. The molecule has 0 heterocycles. The number of hydrogen-bond acceptors (Lipinski definition) is 1. The van der Waals surface area contributed by atoms with Crippen LogP contribution in [0.1, 0.15) is 32.3 Å². The molecule has 20 heavy (non-hydrogen) atoms. The first-order valence-electron chi connectivity index (χ1n) is 7.09. The monoisotopic (exact) mass is 278 g/mol. The van der Waals surface area contributed by atoms with Crippen LogP contribution in [0.15, 0.2) is 30.4 Å². The standard InChI is InChI=1S/C17H20F2O/c1-3-20-15-11-10-14(16(18)17(15)19)9-8-13-6-4-12(2)5-7-13/h4,6,8-13H,3,5,7H2,1-2H3/b9-8+. The summed E-state index contributed by atoms with van der Waals surface area (Å²) >= 11 is 0. The average molecular weight is 278 g/mol. The molecule has 0 saturated carbocycles. The van der Waals surface area contributed by atoms with E-state index in [0.717, 1.165) is 12.8 Å². The van der Waals surface area contributed by atoms with Crippen LogP contribution in [0.4, 0.5) is 8.78 Å². The zero-order valence-electron chi connectivity index (χ0n) is 11.9. The van der Waals surface area contributed by atoms with Crippen LogP contribution in [-0.2, 0) is 0 Å². The molecule has 1 aromatic rings. The minimum absolute atomic E-state index is 0.0338. The molecule has 3 heteroatoms. The Balaban J connectivity index is 2.13. The number of benzene rings is 1. The maximum Gasteiger partial charge on any atom is 0.201 e. The van der Waals surface area contributed by atoms with Crippen molar-refractivity contribution < 1.29 is 13.5 Å². The lowest BCUT2D eigenvalue weighted by Crippen LogP contribution is -2.03. The van der Waals surface area contributed by atoms with E-state index in [9.17, 15) is 8.78 Å². The molecule has 2 atom stereocenters. The Morgan fingerprint density at radius 3 is 2.65 bits per heavy atom. The quantitative estimate of drug-likeness (QED) is 0.706. The van der Waals surface area contributed by atoms with E-state index in [1.165, 1.54) is 6.07 Å². The zero-order chi connectivity index (χ0) is 14.5. The minimum Gasteiger partial charge on any atom is -0.491 e. The van der Waals surface area contributed by atoms with Gasteiger partial charge in [0.2, 0.25) is 5.82 Å². The second-order valence-corrected chi connectivity index (χ2v) is 5.18. The third-order valence-corrected chi connectivity index (χ3v) is 3.54. The first-order valence-corrected chi connectivity index (χ1v) is 7.09. The Morgan fingerprint density at radius 2 is 2.00 bits per heavy atom. The van der Waals surface area contributed by atoms with Crippen LogP contribution in [0.5, 0.6) is 5.75 Å². The molecule has 0 N–H and O–H groups in total. The average Bonchev–Trinajstić information content (AvgIpc) is 2.45. The number of halogens is 2. The molecule has 0 aliphatic heterocycles. The van der Waals surface area contributed by atoms with Gasteiger partial charge in [-0.05, 0) is 43.7 Å². The van der Waals surface area contributed by atoms with Crippen molar-refractivity contribution in [1.29, 1.82) is 0 Å². The Bertz CT molecular complexity index is 520. The summed E-state index contributed by atoms with van der Waals surface area (Å²) < 4.78 is 32.6. The normalized spacial score (nSPS) is 22.4. The summed E-state index contributed by atoms with van der Waals surface area (Å²) in [5.74, 6) is -0.879. The SMILES string of the molecule is CCOc1ccc(/C=C/C2C=CC(C)CC2)c(F)c1F. The maximum absolute atomic E-state index is 13.9. The second kappa shape index (κ2) is 6.69. The van der Waals surface area contributed by atoms with Crippen LogP contribution in [0.25, 0.3) is 6.08 Å². The van der Waals surface area contributed by atoms with Gasteiger partial charge in [-0.1, -0.05) is 31.2 Å². The van der Waals surface area contributed by atoms with Crippen LogP contribution in [0, 0.1) is 23.5 Å². The molecular weight excluding hydrogens is 258 g/mol. The first-order chi connectivity index (χ1) is 9.61. The first kappa shape index (κ1) is 14.8. The highest BCUT2D eigenvalue weighted by Gasteiger charge is 2.14. The third-order valence-electron chi connectivity index (χ3n) is 3.54. The van der Waals surface area contributed by atoms with Gasteiger partial charge in [-0.2, -0.15) is 4.39 Å². The van der Waals surface area contributed by atoms with Gasteiger partial charge < -0.3 is 4.74 Å². The van der Waals surface area contributed by atoms with Crippen molar-refractivity contribution in [2.75, 3.05) is 6.61 Å². The fraction of sp³-hybridized carbons (Fsp3) is 0.412. The highest BCUT2D eigenvalue weighted by atomic mass is 19.2. The van der Waals surface area contributed by atoms with E-state index in [4.69, 9.17) is 4.74 Å². The van der Waals surface area contributed by atoms with E-state index >= 15 is 0 Å². The number of hydrogen-bond donors (Lipinski definition) is 0. The van der Waals surface area contributed by atoms with E-state index in [1.54, 1.807) is 19.1 Å². The van der Waals surface area contributed by atoms with Gasteiger partial charge in [-0.15, -0.1) is 0 Å². The second-order valence-electron chi connectivity index (χ2n) is 5.18. The summed E-state index contributed by atoms with van der Waals surface area (Å²) in [6.45, 7) is 4.23. The molecule has 0 spiro atoms. The Morgan fingerprint density at radius 1 is 1.20 bits per heavy atom. The van der Waals surface area contributed by atoms with Crippen LogP contribution < -0.4 is 4.74 Å². The molecular formula is C17H20F2O. The summed E-state index contributed by atoms with van der Waals surface area (Å²) in [6, 6.07) is 3.02. The zero-order valence-corrected chi connectivity index (χ0v) is 11.9. The number of allylic oxidation sites excluding steroid dienone is 3. The highest BCUT2D eigenvalue weighted by Crippen LogP contribution is 2.26. The summed E-state index contributed by atoms with van der Waals surface area (Å²) in [5, 5.41) is 0. The van der Waals surface area contributed by atoms with Crippen molar-refractivity contribution in [3.63, 3.8) is 0 Å². The van der Waals surface area contributed by atoms with Crippen molar-refractivity contribution in [3.8, 4) is 5.75 Å². The van der Waals surface area contributed by atoms with Crippen molar-refractivity contribution in [1.82, 2.24) is 0 Å². The highest BCUT2D eigenvalue weighted by molar-refractivity contribution is 5.52. The van der Waals surface area contributed by atoms with E-state index < -0.39 is 11.6 Å². The van der Waals surface area contributed by atoms with Gasteiger partial charge in [0.05, 0.1) is 6.61 Å². The van der Waals surface area contributed by atoms with Gasteiger partial charge in [0, 0.05) is 5.56 Å². The lowest BCUT2D eigenvalue weighted by molar-refractivity contribution is 0.314. The molecule has 0 bridgehead atoms. The van der Waals surface area contributed by atoms with E-state index in [2.05, 4.69) is 19.1 Å². The molecule has 0 amide bonds. The Labute approximate surface area is 119 Å². The van der Waals surface area contributed by atoms with Gasteiger partial charge in [-0.3, -0.25) is 0 Å². The minimum atomic E-state index is -0.915. The molecule has 1 aliphatic carbocycles. The van der Waals surface area contributed by atoms with E-state index in [-0.39, 0.29) is 11.3 Å². The predicted octanol–water partition coefficient (Wildman–Crippen LogP) is 4.98. The van der Waals surface area contributed by atoms with Gasteiger partial charge in [-0.25, -0.2) is 4.39 Å². The van der Waals surface area contributed by atoms with Crippen LogP contribution in [0.3, 0.4) is 0 Å². The van der Waals surface area contributed by atoms with Gasteiger partial charge in [0.25, 0.3) is 0 Å². The molecule has 0 saturated heterocycles. The molecule has 1 nitrogen and oxygen atoms in total. The van der Waals surface area contributed by atoms with Crippen LogP contribution in [0.2, 0.25) is 0 Å². The van der Waals surface area contributed by atoms with Crippen molar-refractivity contribution in [2.24, 2.45) is 11.8 Å². The molecule has 1 aliphatic rings. The Kier molecular flexibility index (Phi) is 4.94. The van der Waals surface area contributed by atoms with Crippen LogP contribution in [-0.4, -0.2) is 6.61 Å². The lowest BCUT2D eigenvalue weighted by atomic mass is 9.89. The molecule has 0 fully saturated rings. The van der Waals surface area contributed by atoms with Crippen molar-refractivity contribution in [3.05, 3.63) is 47.6 Å². The smallest absolute Gasteiger partial charge is 0.201 e. The lowest BCUT2D eigenvalue weighted by Gasteiger charge is -2.17. The van der Waals surface area contributed by atoms with E-state index in [0.29, 0.717) is 18.4 Å². The maximum atomic E-state index is 13.9. The fourth-order valence-corrected chi connectivity index (χ4v) is 2.31. The predicted molar refractivity (Wildman–Crippen MR) is 77.6 cm³/mol. The Hall–Kier alpha value is -1.64. The summed E-state index contributed by atoms with van der Waals surface area (Å²) in [4.78, 5) is 0. The number of ether oxygens (including phenoxy) is 1. The third kappa shape index (κ3) is 3.47. The van der Waals surface area contributed by atoms with Crippen molar-refractivity contribution in [2.45, 2.75) is 26.7 Å². The topological polar surface area (TPSA) is 9.23 Å². The summed E-state index contributed by atoms with van der Waals surface area (Å²) in [7, 11) is 0. The largest absolute Gasteiger partial charge is 0.491 e. The van der Waals surface area contributed by atoms with Gasteiger partial charge >= 0.3 is 0 Å². The van der Waals surface area contributed by atoms with Crippen molar-refractivity contribution >= 4 is 6.08 Å². The molecule has 108 valence electrons. The van der Waals surface area contributed by atoms with Gasteiger partial charge in [0.1, 0.15) is 0 Å². The number of rotatable bonds is 4. The van der Waals surface area contributed by atoms with E-state index in [1.807, 2.05) is 6.08 Å². The van der Waals surface area contributed by atoms with Crippen LogP contribution >= 0.6 is 0 Å². The molecule has 2 rings (SSSR count). The molecule has 1 aromatic carbocycles. The van der Waals surface area contributed by atoms with Gasteiger partial charge in [0.15, 0.2) is 11.6 Å². The molecule has 2 unspecified atom stereocenters. The summed E-state index contributed by atoms with van der Waals surface area (Å²) in [5.41, 5.74) is 0.262. The summed E-state index contributed by atoms with van der Waals surface area (Å²) in [6.07, 6.45) is 10.1.